The molecule has 1 fully saturated rings. The number of ether oxygens (including phenoxy) is 1. The summed E-state index contributed by atoms with van der Waals surface area (Å²) in [6.45, 7) is 1.31. The summed E-state index contributed by atoms with van der Waals surface area (Å²) in [5.74, 6) is 0. The summed E-state index contributed by atoms with van der Waals surface area (Å²) in [6, 6.07) is 8.52. The Bertz CT molecular complexity index is 442. The molecule has 2 aliphatic rings. The average molecular weight is 261 g/mol. The molecular weight excluding hydrogens is 238 g/mol. The Morgan fingerprint density at radius 1 is 1.37 bits per heavy atom. The summed E-state index contributed by atoms with van der Waals surface area (Å²) in [5, 5.41) is 10.7. The highest BCUT2D eigenvalue weighted by Crippen LogP contribution is 2.40. The normalized spacial score (nSPS) is 32.0. The lowest BCUT2D eigenvalue weighted by Gasteiger charge is -2.43. The maximum absolute atomic E-state index is 10.7. The molecular formula is C16H23NO2. The number of fused-ring (bicyclic) bond motifs is 1. The van der Waals surface area contributed by atoms with Crippen LogP contribution in [0.25, 0.3) is 0 Å². The predicted molar refractivity (Wildman–Crippen MR) is 74.9 cm³/mol. The van der Waals surface area contributed by atoms with E-state index >= 15 is 0 Å². The Labute approximate surface area is 114 Å². The fourth-order valence-electron chi connectivity index (χ4n) is 3.62. The highest BCUT2D eigenvalue weighted by atomic mass is 16.5. The molecule has 3 atom stereocenters. The molecule has 19 heavy (non-hydrogen) atoms. The molecule has 0 spiro atoms. The van der Waals surface area contributed by atoms with Gasteiger partial charge in [0.25, 0.3) is 0 Å². The molecule has 0 radical (unpaired) electrons. The van der Waals surface area contributed by atoms with E-state index < -0.39 is 6.10 Å². The van der Waals surface area contributed by atoms with Gasteiger partial charge in [-0.05, 0) is 43.2 Å². The molecule has 1 aromatic carbocycles. The van der Waals surface area contributed by atoms with E-state index in [9.17, 15) is 5.11 Å². The first-order chi connectivity index (χ1) is 9.25. The second kappa shape index (κ2) is 5.23. The van der Waals surface area contributed by atoms with Crippen LogP contribution in [0.2, 0.25) is 0 Å². The molecule has 104 valence electrons. The van der Waals surface area contributed by atoms with E-state index in [2.05, 4.69) is 24.3 Å². The Hall–Kier alpha value is -0.900. The summed E-state index contributed by atoms with van der Waals surface area (Å²) < 4.78 is 5.68. The van der Waals surface area contributed by atoms with E-state index in [0.717, 1.165) is 38.7 Å². The van der Waals surface area contributed by atoms with Gasteiger partial charge >= 0.3 is 0 Å². The van der Waals surface area contributed by atoms with Crippen molar-refractivity contribution in [3.05, 3.63) is 35.4 Å². The third kappa shape index (κ3) is 2.31. The van der Waals surface area contributed by atoms with Gasteiger partial charge in [-0.15, -0.1) is 0 Å². The number of hydrogen-bond acceptors (Lipinski definition) is 3. The minimum absolute atomic E-state index is 0.0196. The first-order valence-electron chi connectivity index (χ1n) is 7.32. The van der Waals surface area contributed by atoms with Gasteiger partial charge in [0.15, 0.2) is 0 Å². The van der Waals surface area contributed by atoms with Crippen molar-refractivity contribution in [2.45, 2.75) is 44.3 Å². The van der Waals surface area contributed by atoms with Crippen LogP contribution in [0.5, 0.6) is 0 Å². The molecule has 3 N–H and O–H groups in total. The molecule has 1 aliphatic heterocycles. The number of aliphatic hydroxyl groups excluding tert-OH is 1. The Morgan fingerprint density at radius 3 is 2.84 bits per heavy atom. The van der Waals surface area contributed by atoms with Crippen LogP contribution in [0.4, 0.5) is 0 Å². The topological polar surface area (TPSA) is 55.5 Å². The van der Waals surface area contributed by atoms with Crippen molar-refractivity contribution in [1.29, 1.82) is 0 Å². The van der Waals surface area contributed by atoms with Crippen LogP contribution in [0.3, 0.4) is 0 Å². The maximum atomic E-state index is 10.7. The zero-order chi connectivity index (χ0) is 13.3. The van der Waals surface area contributed by atoms with E-state index in [1.807, 2.05) is 0 Å². The van der Waals surface area contributed by atoms with Crippen molar-refractivity contribution in [2.24, 2.45) is 11.1 Å². The standard InChI is InChI=1S/C16H23NO2/c17-11-16(15(18)14-6-3-9-19-14)8-7-12-4-1-2-5-13(12)10-16/h1-2,4-5,14-15,18H,3,6-11,17H2. The van der Waals surface area contributed by atoms with E-state index in [4.69, 9.17) is 10.5 Å². The van der Waals surface area contributed by atoms with Crippen LogP contribution in [0, 0.1) is 5.41 Å². The SMILES string of the molecule is NCC1(C(O)C2CCCO2)CCc2ccccc2C1. The third-order valence-corrected chi connectivity index (χ3v) is 4.90. The second-order valence-corrected chi connectivity index (χ2v) is 6.01. The van der Waals surface area contributed by atoms with E-state index in [-0.39, 0.29) is 11.5 Å². The first-order valence-corrected chi connectivity index (χ1v) is 7.32. The third-order valence-electron chi connectivity index (χ3n) is 4.90. The summed E-state index contributed by atoms with van der Waals surface area (Å²) in [7, 11) is 0. The summed E-state index contributed by atoms with van der Waals surface area (Å²) in [4.78, 5) is 0. The van der Waals surface area contributed by atoms with Crippen LogP contribution >= 0.6 is 0 Å². The summed E-state index contributed by atoms with van der Waals surface area (Å²) in [5.41, 5.74) is 8.60. The monoisotopic (exact) mass is 261 g/mol. The van der Waals surface area contributed by atoms with Gasteiger partial charge in [0.05, 0.1) is 12.2 Å². The van der Waals surface area contributed by atoms with Gasteiger partial charge in [-0.2, -0.15) is 0 Å². The highest BCUT2D eigenvalue weighted by Gasteiger charge is 2.44. The molecule has 1 aliphatic carbocycles. The highest BCUT2D eigenvalue weighted by molar-refractivity contribution is 5.31. The molecule has 1 heterocycles. The van der Waals surface area contributed by atoms with E-state index in [1.54, 1.807) is 0 Å². The van der Waals surface area contributed by atoms with Crippen LogP contribution in [0.15, 0.2) is 24.3 Å². The molecule has 0 bridgehead atoms. The number of rotatable bonds is 3. The molecule has 0 saturated carbocycles. The van der Waals surface area contributed by atoms with Crippen molar-refractivity contribution in [3.8, 4) is 0 Å². The summed E-state index contributed by atoms with van der Waals surface area (Å²) >= 11 is 0. The fourth-order valence-corrected chi connectivity index (χ4v) is 3.62. The largest absolute Gasteiger partial charge is 0.390 e. The van der Waals surface area contributed by atoms with E-state index in [1.165, 1.54) is 11.1 Å². The first kappa shape index (κ1) is 13.1. The van der Waals surface area contributed by atoms with Gasteiger partial charge in [-0.25, -0.2) is 0 Å². The van der Waals surface area contributed by atoms with Crippen LogP contribution in [0.1, 0.15) is 30.4 Å². The van der Waals surface area contributed by atoms with Crippen molar-refractivity contribution in [3.63, 3.8) is 0 Å². The zero-order valence-electron chi connectivity index (χ0n) is 11.3. The smallest absolute Gasteiger partial charge is 0.0873 e. The Morgan fingerprint density at radius 2 is 2.16 bits per heavy atom. The lowest BCUT2D eigenvalue weighted by Crippen LogP contribution is -2.51. The quantitative estimate of drug-likeness (QED) is 0.870. The predicted octanol–water partition coefficient (Wildman–Crippen LogP) is 1.66. The molecule has 3 nitrogen and oxygen atoms in total. The zero-order valence-corrected chi connectivity index (χ0v) is 11.3. The number of benzene rings is 1. The Kier molecular flexibility index (Phi) is 3.61. The van der Waals surface area contributed by atoms with E-state index in [0.29, 0.717) is 6.54 Å². The van der Waals surface area contributed by atoms with Gasteiger partial charge in [-0.3, -0.25) is 0 Å². The minimum Gasteiger partial charge on any atom is -0.390 e. The second-order valence-electron chi connectivity index (χ2n) is 6.01. The molecule has 3 unspecified atom stereocenters. The molecule has 3 rings (SSSR count). The number of aryl methyl sites for hydroxylation is 1. The molecule has 3 heteroatoms. The van der Waals surface area contributed by atoms with Gasteiger partial charge < -0.3 is 15.6 Å². The van der Waals surface area contributed by atoms with Gasteiger partial charge in [0, 0.05) is 18.6 Å². The molecule has 1 saturated heterocycles. The maximum Gasteiger partial charge on any atom is 0.0873 e. The van der Waals surface area contributed by atoms with Crippen molar-refractivity contribution < 1.29 is 9.84 Å². The van der Waals surface area contributed by atoms with Crippen LogP contribution in [-0.2, 0) is 17.6 Å². The average Bonchev–Trinajstić information content (AvgIpc) is 3.00. The van der Waals surface area contributed by atoms with Crippen LogP contribution in [-0.4, -0.2) is 30.5 Å². The number of nitrogens with two attached hydrogens (primary N) is 1. The molecule has 1 aromatic rings. The van der Waals surface area contributed by atoms with Gasteiger partial charge in [0.2, 0.25) is 0 Å². The Balaban J connectivity index is 1.84. The molecule has 0 amide bonds. The van der Waals surface area contributed by atoms with Gasteiger partial charge in [-0.1, -0.05) is 24.3 Å². The lowest BCUT2D eigenvalue weighted by atomic mass is 9.66. The lowest BCUT2D eigenvalue weighted by molar-refractivity contribution is -0.0769. The fraction of sp³-hybridized carbons (Fsp3) is 0.625. The van der Waals surface area contributed by atoms with Crippen molar-refractivity contribution in [1.82, 2.24) is 0 Å². The van der Waals surface area contributed by atoms with Crippen LogP contribution < -0.4 is 5.73 Å². The van der Waals surface area contributed by atoms with Crippen molar-refractivity contribution in [2.75, 3.05) is 13.2 Å². The minimum atomic E-state index is -0.437. The van der Waals surface area contributed by atoms with Crippen molar-refractivity contribution >= 4 is 0 Å². The number of aliphatic hydroxyl groups is 1. The summed E-state index contributed by atoms with van der Waals surface area (Å²) in [6.07, 6.45) is 4.41. The van der Waals surface area contributed by atoms with Gasteiger partial charge in [0.1, 0.15) is 0 Å². The number of hydrogen-bond donors (Lipinski definition) is 2. The molecule has 0 aromatic heterocycles.